The van der Waals surface area contributed by atoms with Crippen LogP contribution in [0.2, 0.25) is 0 Å². The molecule has 4 heteroatoms. The summed E-state index contributed by atoms with van der Waals surface area (Å²) in [5, 5.41) is 3.15. The van der Waals surface area contributed by atoms with Gasteiger partial charge in [-0.2, -0.15) is 0 Å². The van der Waals surface area contributed by atoms with E-state index in [-0.39, 0.29) is 0 Å². The quantitative estimate of drug-likeness (QED) is 0.637. The van der Waals surface area contributed by atoms with Gasteiger partial charge in [0.2, 0.25) is 0 Å². The number of nitrogens with one attached hydrogen (secondary N) is 1. The lowest BCUT2D eigenvalue weighted by atomic mass is 10.2. The van der Waals surface area contributed by atoms with Crippen LogP contribution in [0.3, 0.4) is 0 Å². The van der Waals surface area contributed by atoms with Gasteiger partial charge < -0.3 is 5.32 Å². The molecule has 0 radical (unpaired) electrons. The van der Waals surface area contributed by atoms with E-state index in [0.29, 0.717) is 12.1 Å². The Morgan fingerprint density at radius 1 is 1.00 bits per heavy atom. The topological polar surface area (TPSA) is 12.0 Å². The molecule has 0 aliphatic rings. The van der Waals surface area contributed by atoms with E-state index in [9.17, 15) is 8.78 Å². The average Bonchev–Trinajstić information content (AvgIpc) is 2.42. The van der Waals surface area contributed by atoms with Crippen LogP contribution in [0.5, 0.6) is 0 Å². The first-order valence-electron chi connectivity index (χ1n) is 6.08. The van der Waals surface area contributed by atoms with Crippen molar-refractivity contribution in [2.45, 2.75) is 11.4 Å². The van der Waals surface area contributed by atoms with Gasteiger partial charge in [0.15, 0.2) is 0 Å². The minimum absolute atomic E-state index is 0.418. The Bertz CT molecular complexity index is 517. The Kier molecular flexibility index (Phi) is 5.36. The van der Waals surface area contributed by atoms with Gasteiger partial charge in [0.25, 0.3) is 0 Å². The summed E-state index contributed by atoms with van der Waals surface area (Å²) in [5.41, 5.74) is 0.492. The Morgan fingerprint density at radius 2 is 1.79 bits per heavy atom. The van der Waals surface area contributed by atoms with Gasteiger partial charge in [0.1, 0.15) is 11.6 Å². The molecule has 0 saturated carbocycles. The third-order valence-electron chi connectivity index (χ3n) is 2.62. The second-order valence-electron chi connectivity index (χ2n) is 4.07. The Labute approximate surface area is 116 Å². The highest BCUT2D eigenvalue weighted by Crippen LogP contribution is 2.16. The molecule has 2 aromatic carbocycles. The van der Waals surface area contributed by atoms with Crippen LogP contribution in [0.25, 0.3) is 0 Å². The molecule has 2 aromatic rings. The van der Waals surface area contributed by atoms with Gasteiger partial charge in [0, 0.05) is 35.4 Å². The normalized spacial score (nSPS) is 10.6. The van der Waals surface area contributed by atoms with Crippen molar-refractivity contribution >= 4 is 11.8 Å². The fourth-order valence-electron chi connectivity index (χ4n) is 1.65. The highest BCUT2D eigenvalue weighted by molar-refractivity contribution is 7.99. The Hall–Kier alpha value is -1.39. The lowest BCUT2D eigenvalue weighted by Gasteiger charge is -2.06. The number of benzene rings is 2. The van der Waals surface area contributed by atoms with Crippen LogP contribution in [-0.4, -0.2) is 12.3 Å². The second-order valence-corrected chi connectivity index (χ2v) is 5.24. The lowest BCUT2D eigenvalue weighted by Crippen LogP contribution is -2.17. The fraction of sp³-hybridized carbons (Fsp3) is 0.200. The first-order chi connectivity index (χ1) is 9.25. The van der Waals surface area contributed by atoms with Gasteiger partial charge in [-0.3, -0.25) is 0 Å². The summed E-state index contributed by atoms with van der Waals surface area (Å²) in [6, 6.07) is 13.8. The Balaban J connectivity index is 1.69. The van der Waals surface area contributed by atoms with Gasteiger partial charge in [-0.15, -0.1) is 11.8 Å². The summed E-state index contributed by atoms with van der Waals surface area (Å²) >= 11 is 1.75. The van der Waals surface area contributed by atoms with E-state index >= 15 is 0 Å². The zero-order valence-corrected chi connectivity index (χ0v) is 11.2. The minimum atomic E-state index is -0.541. The summed E-state index contributed by atoms with van der Waals surface area (Å²) in [4.78, 5) is 1.22. The highest BCUT2D eigenvalue weighted by Gasteiger charge is 2.02. The SMILES string of the molecule is Fc1ccc(CNCCSc2ccccc2)c(F)c1. The van der Waals surface area contributed by atoms with Gasteiger partial charge in [0.05, 0.1) is 0 Å². The standard InChI is InChI=1S/C15H15F2NS/c16-13-7-6-12(15(17)10-13)11-18-8-9-19-14-4-2-1-3-5-14/h1-7,10,18H,8-9,11H2. The molecule has 0 spiro atoms. The predicted molar refractivity (Wildman–Crippen MR) is 75.2 cm³/mol. The van der Waals surface area contributed by atoms with E-state index in [0.717, 1.165) is 18.4 Å². The molecule has 1 N–H and O–H groups in total. The number of rotatable bonds is 6. The molecule has 0 heterocycles. The van der Waals surface area contributed by atoms with E-state index in [1.807, 2.05) is 18.2 Å². The summed E-state index contributed by atoms with van der Waals surface area (Å²) < 4.78 is 26.1. The van der Waals surface area contributed by atoms with Crippen LogP contribution in [0.4, 0.5) is 8.78 Å². The summed E-state index contributed by atoms with van der Waals surface area (Å²) in [7, 11) is 0. The molecule has 19 heavy (non-hydrogen) atoms. The van der Waals surface area contributed by atoms with Crippen molar-refractivity contribution in [1.82, 2.24) is 5.32 Å². The number of hydrogen-bond donors (Lipinski definition) is 1. The van der Waals surface area contributed by atoms with E-state index in [2.05, 4.69) is 17.4 Å². The van der Waals surface area contributed by atoms with Crippen molar-refractivity contribution in [3.05, 3.63) is 65.7 Å². The van der Waals surface area contributed by atoms with Crippen LogP contribution in [0.15, 0.2) is 53.4 Å². The smallest absolute Gasteiger partial charge is 0.130 e. The van der Waals surface area contributed by atoms with Crippen LogP contribution in [0.1, 0.15) is 5.56 Å². The maximum atomic E-state index is 13.3. The maximum absolute atomic E-state index is 13.3. The van der Waals surface area contributed by atoms with Crippen molar-refractivity contribution in [1.29, 1.82) is 0 Å². The van der Waals surface area contributed by atoms with Crippen molar-refractivity contribution in [3.63, 3.8) is 0 Å². The van der Waals surface area contributed by atoms with E-state index in [4.69, 9.17) is 0 Å². The zero-order valence-electron chi connectivity index (χ0n) is 10.4. The molecule has 0 aliphatic heterocycles. The van der Waals surface area contributed by atoms with E-state index in [1.54, 1.807) is 11.8 Å². The number of halogens is 2. The summed E-state index contributed by atoms with van der Waals surface area (Å²) in [6.07, 6.45) is 0. The predicted octanol–water partition coefficient (Wildman–Crippen LogP) is 3.85. The molecular weight excluding hydrogens is 264 g/mol. The van der Waals surface area contributed by atoms with Crippen LogP contribution in [-0.2, 0) is 6.54 Å². The summed E-state index contributed by atoms with van der Waals surface area (Å²) in [5.74, 6) is -0.128. The summed E-state index contributed by atoms with van der Waals surface area (Å²) in [6.45, 7) is 1.19. The third-order valence-corrected chi connectivity index (χ3v) is 3.64. The zero-order chi connectivity index (χ0) is 13.5. The third kappa shape index (κ3) is 4.65. The molecule has 0 amide bonds. The van der Waals surface area contributed by atoms with Gasteiger partial charge in [-0.1, -0.05) is 24.3 Å². The Morgan fingerprint density at radius 3 is 2.53 bits per heavy atom. The molecular formula is C15H15F2NS. The molecule has 0 bridgehead atoms. The van der Waals surface area contributed by atoms with Crippen molar-refractivity contribution in [3.8, 4) is 0 Å². The van der Waals surface area contributed by atoms with Gasteiger partial charge in [-0.25, -0.2) is 8.78 Å². The lowest BCUT2D eigenvalue weighted by molar-refractivity contribution is 0.563. The van der Waals surface area contributed by atoms with Crippen LogP contribution < -0.4 is 5.32 Å². The van der Waals surface area contributed by atoms with Crippen molar-refractivity contribution in [2.24, 2.45) is 0 Å². The van der Waals surface area contributed by atoms with Crippen LogP contribution in [0, 0.1) is 11.6 Å². The minimum Gasteiger partial charge on any atom is -0.312 e. The van der Waals surface area contributed by atoms with E-state index < -0.39 is 11.6 Å². The first-order valence-corrected chi connectivity index (χ1v) is 7.07. The second kappa shape index (κ2) is 7.26. The molecule has 0 aromatic heterocycles. The molecule has 0 atom stereocenters. The maximum Gasteiger partial charge on any atom is 0.130 e. The van der Waals surface area contributed by atoms with Crippen molar-refractivity contribution < 1.29 is 8.78 Å². The van der Waals surface area contributed by atoms with Crippen LogP contribution >= 0.6 is 11.8 Å². The monoisotopic (exact) mass is 279 g/mol. The van der Waals surface area contributed by atoms with Gasteiger partial charge in [-0.05, 0) is 18.2 Å². The fourth-order valence-corrected chi connectivity index (χ4v) is 2.48. The van der Waals surface area contributed by atoms with E-state index in [1.165, 1.54) is 17.0 Å². The van der Waals surface area contributed by atoms with Gasteiger partial charge >= 0.3 is 0 Å². The molecule has 1 nitrogen and oxygen atoms in total. The molecule has 0 aliphatic carbocycles. The molecule has 0 saturated heterocycles. The highest BCUT2D eigenvalue weighted by atomic mass is 32.2. The molecule has 100 valence electrons. The number of thioether (sulfide) groups is 1. The largest absolute Gasteiger partial charge is 0.312 e. The first kappa shape index (κ1) is 14.0. The molecule has 0 unspecified atom stereocenters. The van der Waals surface area contributed by atoms with Crippen molar-refractivity contribution in [2.75, 3.05) is 12.3 Å². The molecule has 2 rings (SSSR count). The average molecular weight is 279 g/mol. The number of hydrogen-bond acceptors (Lipinski definition) is 2. The molecule has 0 fully saturated rings.